The van der Waals surface area contributed by atoms with Gasteiger partial charge in [0.1, 0.15) is 0 Å². The number of aromatic nitrogens is 1. The number of benzene rings is 1. The van der Waals surface area contributed by atoms with Gasteiger partial charge in [-0.15, -0.1) is 6.58 Å². The molecule has 0 saturated heterocycles. The molecule has 8 nitrogen and oxygen atoms in total. The number of amides is 1. The van der Waals surface area contributed by atoms with Crippen LogP contribution in [-0.2, 0) is 0 Å². The highest BCUT2D eigenvalue weighted by atomic mass is 16.6. The van der Waals surface area contributed by atoms with Gasteiger partial charge in [-0.25, -0.2) is 4.79 Å². The van der Waals surface area contributed by atoms with Crippen LogP contribution in [0, 0.1) is 16.0 Å². The molecule has 1 heterocycles. The van der Waals surface area contributed by atoms with E-state index in [9.17, 15) is 14.9 Å². The maximum absolute atomic E-state index is 11.1. The maximum Gasteiger partial charge on any atom is 0.405 e. The molecule has 2 rings (SSSR count). The SMILES string of the molecule is C=C[C@H](C)[C@H](NC(=O)O)c1cc(-c2ccc([N+](=O)[O-])cc2N)ccn1. The maximum atomic E-state index is 11.1. The van der Waals surface area contributed by atoms with Crippen LogP contribution in [0.5, 0.6) is 0 Å². The van der Waals surface area contributed by atoms with Crippen molar-refractivity contribution in [3.63, 3.8) is 0 Å². The predicted molar refractivity (Wildman–Crippen MR) is 94.0 cm³/mol. The molecule has 1 aromatic heterocycles. The van der Waals surface area contributed by atoms with Gasteiger partial charge in [0, 0.05) is 29.6 Å². The van der Waals surface area contributed by atoms with Crippen molar-refractivity contribution in [1.29, 1.82) is 0 Å². The molecule has 1 amide bonds. The van der Waals surface area contributed by atoms with Crippen LogP contribution in [0.25, 0.3) is 11.1 Å². The van der Waals surface area contributed by atoms with Crippen LogP contribution in [0.4, 0.5) is 16.2 Å². The topological polar surface area (TPSA) is 131 Å². The Morgan fingerprint density at radius 2 is 2.16 bits per heavy atom. The van der Waals surface area contributed by atoms with Crippen molar-refractivity contribution >= 4 is 17.5 Å². The molecule has 25 heavy (non-hydrogen) atoms. The zero-order chi connectivity index (χ0) is 18.6. The minimum Gasteiger partial charge on any atom is -0.465 e. The second-order valence-corrected chi connectivity index (χ2v) is 5.52. The Morgan fingerprint density at radius 1 is 1.44 bits per heavy atom. The molecule has 0 aliphatic heterocycles. The van der Waals surface area contributed by atoms with Crippen molar-refractivity contribution in [3.8, 4) is 11.1 Å². The lowest BCUT2D eigenvalue weighted by Gasteiger charge is -2.21. The third kappa shape index (κ3) is 4.11. The average molecular weight is 342 g/mol. The molecule has 0 fully saturated rings. The number of pyridine rings is 1. The van der Waals surface area contributed by atoms with Crippen LogP contribution < -0.4 is 11.1 Å². The summed E-state index contributed by atoms with van der Waals surface area (Å²) in [6.45, 7) is 5.51. The fourth-order valence-corrected chi connectivity index (χ4v) is 2.46. The Kier molecular flexibility index (Phi) is 5.33. The van der Waals surface area contributed by atoms with Crippen LogP contribution in [-0.4, -0.2) is 21.1 Å². The van der Waals surface area contributed by atoms with Gasteiger partial charge in [0.05, 0.1) is 16.7 Å². The van der Waals surface area contributed by atoms with E-state index in [2.05, 4.69) is 16.9 Å². The van der Waals surface area contributed by atoms with Crippen LogP contribution in [0.15, 0.2) is 49.2 Å². The first-order valence-electron chi connectivity index (χ1n) is 7.45. The Morgan fingerprint density at radius 3 is 2.72 bits per heavy atom. The van der Waals surface area contributed by atoms with E-state index < -0.39 is 17.1 Å². The molecule has 0 radical (unpaired) electrons. The van der Waals surface area contributed by atoms with E-state index in [0.29, 0.717) is 16.8 Å². The molecule has 0 spiro atoms. The molecule has 0 bridgehead atoms. The zero-order valence-electron chi connectivity index (χ0n) is 13.5. The lowest BCUT2D eigenvalue weighted by molar-refractivity contribution is -0.384. The molecule has 1 aromatic carbocycles. The fourth-order valence-electron chi connectivity index (χ4n) is 2.46. The molecule has 0 aliphatic carbocycles. The number of nitrogens with two attached hydrogens (primary N) is 1. The lowest BCUT2D eigenvalue weighted by Crippen LogP contribution is -2.31. The van der Waals surface area contributed by atoms with Crippen LogP contribution in [0.1, 0.15) is 18.7 Å². The van der Waals surface area contributed by atoms with Gasteiger partial charge in [0.2, 0.25) is 0 Å². The number of non-ortho nitro benzene ring substituents is 1. The number of nitrogens with one attached hydrogen (secondary N) is 1. The fraction of sp³-hybridized carbons (Fsp3) is 0.176. The molecule has 2 atom stereocenters. The van der Waals surface area contributed by atoms with Crippen molar-refractivity contribution < 1.29 is 14.8 Å². The quantitative estimate of drug-likeness (QED) is 0.319. The van der Waals surface area contributed by atoms with Gasteiger partial charge in [-0.05, 0) is 29.7 Å². The number of carbonyl (C=O) groups is 1. The van der Waals surface area contributed by atoms with Crippen LogP contribution in [0.2, 0.25) is 0 Å². The average Bonchev–Trinajstić information content (AvgIpc) is 2.58. The molecule has 8 heteroatoms. The van der Waals surface area contributed by atoms with Crippen molar-refractivity contribution in [3.05, 3.63) is 65.0 Å². The molecular formula is C17H18N4O4. The van der Waals surface area contributed by atoms with Gasteiger partial charge in [0.25, 0.3) is 5.69 Å². The highest BCUT2D eigenvalue weighted by Crippen LogP contribution is 2.31. The largest absolute Gasteiger partial charge is 0.465 e. The van der Waals surface area contributed by atoms with E-state index in [0.717, 1.165) is 0 Å². The predicted octanol–water partition coefficient (Wildman–Crippen LogP) is 3.37. The van der Waals surface area contributed by atoms with Crippen molar-refractivity contribution in [2.24, 2.45) is 5.92 Å². The highest BCUT2D eigenvalue weighted by molar-refractivity contribution is 5.78. The summed E-state index contributed by atoms with van der Waals surface area (Å²) in [6.07, 6.45) is 2.01. The number of hydrogen-bond acceptors (Lipinski definition) is 5. The number of nitro groups is 1. The molecule has 0 saturated carbocycles. The Balaban J connectivity index is 2.45. The van der Waals surface area contributed by atoms with Crippen LogP contribution >= 0.6 is 0 Å². The number of nitro benzene ring substituents is 1. The summed E-state index contributed by atoms with van der Waals surface area (Å²) < 4.78 is 0. The molecule has 0 aliphatic rings. The van der Waals surface area contributed by atoms with E-state index in [1.165, 1.54) is 18.3 Å². The summed E-state index contributed by atoms with van der Waals surface area (Å²) in [5, 5.41) is 22.3. The lowest BCUT2D eigenvalue weighted by atomic mass is 9.96. The summed E-state index contributed by atoms with van der Waals surface area (Å²) in [7, 11) is 0. The summed E-state index contributed by atoms with van der Waals surface area (Å²) in [4.78, 5) is 25.6. The first-order valence-corrected chi connectivity index (χ1v) is 7.45. The summed E-state index contributed by atoms with van der Waals surface area (Å²) in [6, 6.07) is 7.05. The van der Waals surface area contributed by atoms with Crippen molar-refractivity contribution in [2.75, 3.05) is 5.73 Å². The number of carboxylic acid groups (broad SMARTS) is 1. The van der Waals surface area contributed by atoms with Gasteiger partial charge < -0.3 is 16.2 Å². The van der Waals surface area contributed by atoms with Gasteiger partial charge in [0.15, 0.2) is 0 Å². The summed E-state index contributed by atoms with van der Waals surface area (Å²) in [5.74, 6) is -0.187. The number of hydrogen-bond donors (Lipinski definition) is 3. The van der Waals surface area contributed by atoms with Crippen molar-refractivity contribution in [1.82, 2.24) is 10.3 Å². The third-order valence-electron chi connectivity index (χ3n) is 3.83. The highest BCUT2D eigenvalue weighted by Gasteiger charge is 2.21. The number of nitrogen functional groups attached to an aromatic ring is 1. The van der Waals surface area contributed by atoms with Gasteiger partial charge in [-0.1, -0.05) is 13.0 Å². The molecular weight excluding hydrogens is 324 g/mol. The minimum atomic E-state index is -1.17. The van der Waals surface area contributed by atoms with E-state index in [4.69, 9.17) is 10.8 Å². The Bertz CT molecular complexity index is 822. The summed E-state index contributed by atoms with van der Waals surface area (Å²) >= 11 is 0. The monoisotopic (exact) mass is 342 g/mol. The standard InChI is InChI=1S/C17H18N4O4/c1-3-10(2)16(20-17(22)23)15-8-11(6-7-19-15)13-5-4-12(21(24)25)9-14(13)18/h3-10,16,20H,1,18H2,2H3,(H,22,23)/t10-,16-/m0/s1. The van der Waals surface area contributed by atoms with Crippen molar-refractivity contribution in [2.45, 2.75) is 13.0 Å². The Labute approximate surface area is 144 Å². The molecule has 0 unspecified atom stereocenters. The minimum absolute atomic E-state index is 0.0961. The van der Waals surface area contributed by atoms with Crippen LogP contribution in [0.3, 0.4) is 0 Å². The molecule has 130 valence electrons. The van der Waals surface area contributed by atoms with E-state index >= 15 is 0 Å². The second kappa shape index (κ2) is 7.43. The molecule has 4 N–H and O–H groups in total. The van der Waals surface area contributed by atoms with Gasteiger partial charge in [-0.3, -0.25) is 15.1 Å². The summed E-state index contributed by atoms with van der Waals surface area (Å²) in [5.41, 5.74) is 7.89. The number of rotatable bonds is 6. The van der Waals surface area contributed by atoms with E-state index in [1.807, 2.05) is 6.92 Å². The number of anilines is 1. The zero-order valence-corrected chi connectivity index (χ0v) is 13.5. The third-order valence-corrected chi connectivity index (χ3v) is 3.83. The van der Waals surface area contributed by atoms with E-state index in [1.54, 1.807) is 24.3 Å². The second-order valence-electron chi connectivity index (χ2n) is 5.52. The number of nitrogens with zero attached hydrogens (tertiary/aromatic N) is 2. The first kappa shape index (κ1) is 17.9. The Hall–Kier alpha value is -3.42. The van der Waals surface area contributed by atoms with Gasteiger partial charge >= 0.3 is 6.09 Å². The normalized spacial score (nSPS) is 12.8. The van der Waals surface area contributed by atoms with E-state index in [-0.39, 0.29) is 17.3 Å². The smallest absolute Gasteiger partial charge is 0.405 e. The first-order chi connectivity index (χ1) is 11.8. The molecule has 2 aromatic rings. The van der Waals surface area contributed by atoms with Gasteiger partial charge in [-0.2, -0.15) is 0 Å².